The molecule has 0 radical (unpaired) electrons. The Balaban J connectivity index is 1.57. The third-order valence-corrected chi connectivity index (χ3v) is 8.33. The maximum atomic E-state index is 10.5. The van der Waals surface area contributed by atoms with Gasteiger partial charge in [-0.15, -0.1) is 0 Å². The third kappa shape index (κ3) is 11.5. The van der Waals surface area contributed by atoms with Crippen LogP contribution < -0.4 is 0 Å². The number of aryl methyl sites for hydroxylation is 2. The number of hydrogen-bond donors (Lipinski definition) is 2. The van der Waals surface area contributed by atoms with Gasteiger partial charge in [-0.3, -0.25) is 9.98 Å². The highest BCUT2D eigenvalue weighted by Crippen LogP contribution is 2.26. The van der Waals surface area contributed by atoms with Crippen LogP contribution in [0.4, 0.5) is 0 Å². The maximum absolute atomic E-state index is 10.5. The number of aliphatic imine (C=N–C) groups is 2. The topological polar surface area (TPSA) is 65.2 Å². The molecule has 0 amide bonds. The van der Waals surface area contributed by atoms with Gasteiger partial charge in [0.05, 0.1) is 12.1 Å². The van der Waals surface area contributed by atoms with E-state index in [0.29, 0.717) is 11.5 Å². The minimum absolute atomic E-state index is 0.0973. The van der Waals surface area contributed by atoms with Gasteiger partial charge in [0.1, 0.15) is 11.5 Å². The van der Waals surface area contributed by atoms with E-state index < -0.39 is 0 Å². The van der Waals surface area contributed by atoms with Gasteiger partial charge in [0.15, 0.2) is 0 Å². The van der Waals surface area contributed by atoms with E-state index in [9.17, 15) is 10.2 Å². The van der Waals surface area contributed by atoms with Gasteiger partial charge in [-0.05, 0) is 73.9 Å². The number of benzene rings is 2. The van der Waals surface area contributed by atoms with Gasteiger partial charge in [-0.1, -0.05) is 103 Å². The van der Waals surface area contributed by atoms with Crippen molar-refractivity contribution in [2.24, 2.45) is 9.98 Å². The van der Waals surface area contributed by atoms with Crippen molar-refractivity contribution in [1.82, 2.24) is 0 Å². The molecule has 0 bridgehead atoms. The van der Waals surface area contributed by atoms with Crippen molar-refractivity contribution in [1.29, 1.82) is 0 Å². The molecule has 4 heteroatoms. The number of nitrogens with zero attached hydrogens (tertiary/aromatic N) is 2. The molecule has 220 valence electrons. The fraction of sp³-hybridized carbons (Fsp3) is 0.611. The lowest BCUT2D eigenvalue weighted by Gasteiger charge is -2.25. The first-order valence-corrected chi connectivity index (χ1v) is 16.3. The predicted octanol–water partition coefficient (Wildman–Crippen LogP) is 9.75. The number of phenolic OH excluding ortho intramolecular Hbond substituents is 2. The normalized spacial score (nSPS) is 17.8. The van der Waals surface area contributed by atoms with E-state index in [2.05, 4.69) is 26.0 Å². The Labute approximate surface area is 244 Å². The Bertz CT molecular complexity index is 962. The van der Waals surface area contributed by atoms with Crippen molar-refractivity contribution < 1.29 is 10.2 Å². The van der Waals surface area contributed by atoms with E-state index in [-0.39, 0.29) is 12.1 Å². The van der Waals surface area contributed by atoms with Gasteiger partial charge in [0.2, 0.25) is 0 Å². The Morgan fingerprint density at radius 3 is 1.43 bits per heavy atom. The highest BCUT2D eigenvalue weighted by atomic mass is 16.3. The number of aromatic hydroxyl groups is 2. The molecule has 0 aliphatic heterocycles. The summed E-state index contributed by atoms with van der Waals surface area (Å²) in [5.74, 6) is 0.580. The van der Waals surface area contributed by atoms with Gasteiger partial charge in [-0.25, -0.2) is 0 Å². The van der Waals surface area contributed by atoms with Crippen LogP contribution in [-0.4, -0.2) is 34.7 Å². The standard InChI is InChI=1S/C36H54N2O2/c1-3-5-7-9-11-13-17-29-21-23-35(39)31(25-29)27-37-33-19-15-16-20-34(33)38-28-32-26-30(22-24-36(32)40)18-14-12-10-8-6-4-2/h21-28,33-34,39-40H,3-20H2,1-2H3/t33-,34-/m0/s1. The summed E-state index contributed by atoms with van der Waals surface area (Å²) >= 11 is 0. The van der Waals surface area contributed by atoms with Gasteiger partial charge < -0.3 is 10.2 Å². The van der Waals surface area contributed by atoms with Crippen LogP contribution in [0.25, 0.3) is 0 Å². The van der Waals surface area contributed by atoms with Gasteiger partial charge in [0.25, 0.3) is 0 Å². The molecule has 40 heavy (non-hydrogen) atoms. The Morgan fingerprint density at radius 1 is 0.600 bits per heavy atom. The minimum Gasteiger partial charge on any atom is -0.507 e. The summed E-state index contributed by atoms with van der Waals surface area (Å²) in [6, 6.07) is 12.1. The summed E-state index contributed by atoms with van der Waals surface area (Å²) in [5, 5.41) is 20.9. The smallest absolute Gasteiger partial charge is 0.124 e. The molecule has 2 aromatic carbocycles. The van der Waals surface area contributed by atoms with E-state index in [1.807, 2.05) is 36.7 Å². The van der Waals surface area contributed by atoms with Gasteiger partial charge in [0, 0.05) is 23.6 Å². The van der Waals surface area contributed by atoms with Crippen LogP contribution in [-0.2, 0) is 12.8 Å². The van der Waals surface area contributed by atoms with Crippen molar-refractivity contribution in [2.75, 3.05) is 0 Å². The van der Waals surface area contributed by atoms with E-state index >= 15 is 0 Å². The molecule has 0 aromatic heterocycles. The minimum atomic E-state index is 0.0973. The van der Waals surface area contributed by atoms with Crippen LogP contribution in [0, 0.1) is 0 Å². The second-order valence-electron chi connectivity index (χ2n) is 11.8. The van der Waals surface area contributed by atoms with Crippen molar-refractivity contribution >= 4 is 12.4 Å². The summed E-state index contributed by atoms with van der Waals surface area (Å²) in [6.45, 7) is 4.51. The van der Waals surface area contributed by atoms with E-state index in [1.54, 1.807) is 0 Å². The predicted molar refractivity (Wildman–Crippen MR) is 172 cm³/mol. The van der Waals surface area contributed by atoms with E-state index in [1.165, 1.54) is 88.2 Å². The highest BCUT2D eigenvalue weighted by molar-refractivity contribution is 5.84. The van der Waals surface area contributed by atoms with E-state index in [4.69, 9.17) is 9.98 Å². The Hall–Kier alpha value is -2.62. The molecular weight excluding hydrogens is 492 g/mol. The van der Waals surface area contributed by atoms with Crippen LogP contribution in [0.1, 0.15) is 139 Å². The van der Waals surface area contributed by atoms with Crippen LogP contribution in [0.2, 0.25) is 0 Å². The molecule has 3 rings (SSSR count). The number of rotatable bonds is 18. The second-order valence-corrected chi connectivity index (χ2v) is 11.8. The molecule has 2 N–H and O–H groups in total. The molecule has 0 spiro atoms. The Morgan fingerprint density at radius 2 is 1.00 bits per heavy atom. The Kier molecular flexibility index (Phi) is 14.9. The van der Waals surface area contributed by atoms with Gasteiger partial charge >= 0.3 is 0 Å². The molecular formula is C36H54N2O2. The van der Waals surface area contributed by atoms with Gasteiger partial charge in [-0.2, -0.15) is 0 Å². The molecule has 2 atom stereocenters. The first kappa shape index (κ1) is 31.9. The van der Waals surface area contributed by atoms with Crippen LogP contribution in [0.5, 0.6) is 11.5 Å². The number of hydrogen-bond acceptors (Lipinski definition) is 4. The largest absolute Gasteiger partial charge is 0.507 e. The summed E-state index contributed by atoms with van der Waals surface area (Å²) < 4.78 is 0. The lowest BCUT2D eigenvalue weighted by molar-refractivity contribution is 0.390. The molecule has 1 aliphatic carbocycles. The lowest BCUT2D eigenvalue weighted by atomic mass is 9.91. The third-order valence-electron chi connectivity index (χ3n) is 8.33. The molecule has 2 aromatic rings. The molecule has 0 heterocycles. The molecule has 4 nitrogen and oxygen atoms in total. The zero-order valence-corrected chi connectivity index (χ0v) is 25.3. The van der Waals surface area contributed by atoms with Crippen molar-refractivity contribution in [2.45, 2.75) is 142 Å². The zero-order chi connectivity index (χ0) is 28.4. The lowest BCUT2D eigenvalue weighted by Crippen LogP contribution is -2.27. The maximum Gasteiger partial charge on any atom is 0.124 e. The fourth-order valence-corrected chi connectivity index (χ4v) is 5.74. The first-order valence-electron chi connectivity index (χ1n) is 16.3. The number of unbranched alkanes of at least 4 members (excludes halogenated alkanes) is 10. The first-order chi connectivity index (χ1) is 19.6. The van der Waals surface area contributed by atoms with Crippen LogP contribution in [0.3, 0.4) is 0 Å². The molecule has 1 fully saturated rings. The summed E-state index contributed by atoms with van der Waals surface area (Å²) in [6.07, 6.45) is 25.5. The SMILES string of the molecule is CCCCCCCCc1ccc(O)c(C=N[C@H]2CCCC[C@@H]2N=Cc2cc(CCCCCCCC)ccc2O)c1. The average Bonchev–Trinajstić information content (AvgIpc) is 2.97. The van der Waals surface area contributed by atoms with Crippen molar-refractivity contribution in [3.8, 4) is 11.5 Å². The second kappa shape index (κ2) is 18.7. The van der Waals surface area contributed by atoms with Crippen molar-refractivity contribution in [3.63, 3.8) is 0 Å². The van der Waals surface area contributed by atoms with E-state index in [0.717, 1.165) is 49.7 Å². The monoisotopic (exact) mass is 546 g/mol. The number of phenols is 2. The van der Waals surface area contributed by atoms with Crippen LogP contribution in [0.15, 0.2) is 46.4 Å². The molecule has 1 aliphatic rings. The highest BCUT2D eigenvalue weighted by Gasteiger charge is 2.23. The fourth-order valence-electron chi connectivity index (χ4n) is 5.74. The summed E-state index contributed by atoms with van der Waals surface area (Å²) in [5.41, 5.74) is 4.14. The molecule has 0 saturated heterocycles. The average molecular weight is 547 g/mol. The van der Waals surface area contributed by atoms with Crippen LogP contribution >= 0.6 is 0 Å². The molecule has 0 unspecified atom stereocenters. The van der Waals surface area contributed by atoms with Crippen molar-refractivity contribution in [3.05, 3.63) is 58.7 Å². The summed E-state index contributed by atoms with van der Waals surface area (Å²) in [7, 11) is 0. The molecule has 1 saturated carbocycles. The quantitative estimate of drug-likeness (QED) is 0.144. The zero-order valence-electron chi connectivity index (χ0n) is 25.3. The summed E-state index contributed by atoms with van der Waals surface area (Å²) in [4.78, 5) is 9.86.